The lowest BCUT2D eigenvalue weighted by molar-refractivity contribution is 0.0401. The summed E-state index contributed by atoms with van der Waals surface area (Å²) in [4.78, 5) is 10.2. The van der Waals surface area contributed by atoms with Crippen molar-refractivity contribution in [2.24, 2.45) is 5.92 Å². The summed E-state index contributed by atoms with van der Waals surface area (Å²) in [5, 5.41) is 0. The minimum absolute atomic E-state index is 0.0290. The van der Waals surface area contributed by atoms with Crippen LogP contribution in [0.25, 0.3) is 0 Å². The smallest absolute Gasteiger partial charge is 0.316 e. The first-order valence-electron chi connectivity index (χ1n) is 7.31. The molecule has 2 aliphatic rings. The summed E-state index contributed by atoms with van der Waals surface area (Å²) in [5.74, 6) is 0.295. The van der Waals surface area contributed by atoms with Crippen LogP contribution >= 0.6 is 0 Å². The van der Waals surface area contributed by atoms with Gasteiger partial charge in [0.2, 0.25) is 0 Å². The van der Waals surface area contributed by atoms with E-state index in [1.165, 1.54) is 0 Å². The van der Waals surface area contributed by atoms with E-state index in [9.17, 15) is 8.42 Å². The van der Waals surface area contributed by atoms with Gasteiger partial charge in [-0.3, -0.25) is 4.90 Å². The molecule has 21 heavy (non-hydrogen) atoms. The summed E-state index contributed by atoms with van der Waals surface area (Å²) < 4.78 is 29.9. The third-order valence-corrected chi connectivity index (χ3v) is 7.33. The van der Waals surface area contributed by atoms with Gasteiger partial charge < -0.3 is 4.74 Å². The number of nitrogens with zero attached hydrogens (tertiary/aromatic N) is 3. The molecule has 2 fully saturated rings. The average Bonchev–Trinajstić information content (AvgIpc) is 2.66. The first-order chi connectivity index (χ1) is 9.95. The normalized spacial score (nSPS) is 26.9. The van der Waals surface area contributed by atoms with E-state index in [1.807, 2.05) is 0 Å². The Morgan fingerprint density at radius 1 is 1.38 bits per heavy atom. The van der Waals surface area contributed by atoms with E-state index in [2.05, 4.69) is 28.7 Å². The Morgan fingerprint density at radius 2 is 2.05 bits per heavy atom. The highest BCUT2D eigenvalue weighted by molar-refractivity contribution is 7.93. The SMILES string of the molecule is CC(C)N1CC2(C1)[C@@H](COc1ncccn1)CCS2(=O)=O. The fourth-order valence-electron chi connectivity index (χ4n) is 3.25. The molecule has 1 atom stereocenters. The van der Waals surface area contributed by atoms with Gasteiger partial charge in [-0.15, -0.1) is 0 Å². The van der Waals surface area contributed by atoms with Crippen LogP contribution < -0.4 is 4.74 Å². The van der Waals surface area contributed by atoms with Gasteiger partial charge >= 0.3 is 6.01 Å². The van der Waals surface area contributed by atoms with Crippen LogP contribution in [-0.2, 0) is 9.84 Å². The second-order valence-electron chi connectivity index (χ2n) is 6.21. The molecule has 116 valence electrons. The number of sulfone groups is 1. The average molecular weight is 311 g/mol. The lowest BCUT2D eigenvalue weighted by Crippen LogP contribution is -2.69. The zero-order valence-corrected chi connectivity index (χ0v) is 13.2. The van der Waals surface area contributed by atoms with Gasteiger partial charge in [-0.25, -0.2) is 18.4 Å². The van der Waals surface area contributed by atoms with Crippen molar-refractivity contribution in [1.29, 1.82) is 0 Å². The molecule has 0 unspecified atom stereocenters. The molecule has 1 aromatic heterocycles. The van der Waals surface area contributed by atoms with Crippen molar-refractivity contribution < 1.29 is 13.2 Å². The molecule has 0 N–H and O–H groups in total. The molecule has 2 saturated heterocycles. The Morgan fingerprint density at radius 3 is 2.67 bits per heavy atom. The quantitative estimate of drug-likeness (QED) is 0.817. The number of rotatable bonds is 4. The van der Waals surface area contributed by atoms with Crippen molar-refractivity contribution >= 4 is 9.84 Å². The predicted molar refractivity (Wildman–Crippen MR) is 78.9 cm³/mol. The number of ether oxygens (including phenoxy) is 1. The van der Waals surface area contributed by atoms with Gasteiger partial charge in [0.1, 0.15) is 4.75 Å². The topological polar surface area (TPSA) is 72.4 Å². The van der Waals surface area contributed by atoms with Gasteiger partial charge in [-0.05, 0) is 26.3 Å². The third kappa shape index (κ3) is 2.42. The minimum atomic E-state index is -3.03. The zero-order valence-electron chi connectivity index (χ0n) is 12.4. The standard InChI is InChI=1S/C14H21N3O3S/c1-11(2)17-9-14(10-17)12(4-7-21(14,18)19)8-20-13-15-5-3-6-16-13/h3,5-6,11-12H,4,7-10H2,1-2H3/t12-/m1/s1. The lowest BCUT2D eigenvalue weighted by atomic mass is 9.83. The van der Waals surface area contributed by atoms with E-state index in [4.69, 9.17) is 4.74 Å². The second kappa shape index (κ2) is 5.21. The molecule has 1 aromatic rings. The summed E-state index contributed by atoms with van der Waals surface area (Å²) in [7, 11) is -3.03. The Hall–Kier alpha value is -1.21. The number of hydrogen-bond donors (Lipinski definition) is 0. The minimum Gasteiger partial charge on any atom is -0.463 e. The molecule has 7 heteroatoms. The van der Waals surface area contributed by atoms with E-state index in [1.54, 1.807) is 18.5 Å². The molecule has 0 bridgehead atoms. The van der Waals surface area contributed by atoms with Crippen LogP contribution in [0.2, 0.25) is 0 Å². The van der Waals surface area contributed by atoms with Gasteiger partial charge in [-0.1, -0.05) is 0 Å². The maximum Gasteiger partial charge on any atom is 0.316 e. The van der Waals surface area contributed by atoms with Crippen LogP contribution in [0, 0.1) is 5.92 Å². The highest BCUT2D eigenvalue weighted by Crippen LogP contribution is 2.45. The van der Waals surface area contributed by atoms with Gasteiger partial charge in [0.25, 0.3) is 0 Å². The van der Waals surface area contributed by atoms with Crippen molar-refractivity contribution in [3.63, 3.8) is 0 Å². The van der Waals surface area contributed by atoms with E-state index in [0.29, 0.717) is 38.2 Å². The number of hydrogen-bond acceptors (Lipinski definition) is 6. The highest BCUT2D eigenvalue weighted by atomic mass is 32.2. The first-order valence-corrected chi connectivity index (χ1v) is 8.96. The monoisotopic (exact) mass is 311 g/mol. The zero-order chi connectivity index (χ0) is 15.1. The van der Waals surface area contributed by atoms with E-state index in [0.717, 1.165) is 0 Å². The van der Waals surface area contributed by atoms with Crippen LogP contribution in [0.3, 0.4) is 0 Å². The van der Waals surface area contributed by atoms with Crippen molar-refractivity contribution in [3.05, 3.63) is 18.5 Å². The summed E-state index contributed by atoms with van der Waals surface area (Å²) in [6.07, 6.45) is 3.90. The van der Waals surface area contributed by atoms with Crippen molar-refractivity contribution in [3.8, 4) is 6.01 Å². The predicted octanol–water partition coefficient (Wildman–Crippen LogP) is 0.753. The Labute approximate surface area is 125 Å². The summed E-state index contributed by atoms with van der Waals surface area (Å²) in [6, 6.07) is 2.42. The number of likely N-dealkylation sites (tertiary alicyclic amines) is 1. The highest BCUT2D eigenvalue weighted by Gasteiger charge is 2.61. The van der Waals surface area contributed by atoms with E-state index >= 15 is 0 Å². The summed E-state index contributed by atoms with van der Waals surface area (Å²) in [6.45, 7) is 5.80. The molecule has 0 saturated carbocycles. The first kappa shape index (κ1) is 14.7. The summed E-state index contributed by atoms with van der Waals surface area (Å²) >= 11 is 0. The Bertz CT molecular complexity index is 597. The van der Waals surface area contributed by atoms with E-state index < -0.39 is 14.6 Å². The van der Waals surface area contributed by atoms with Crippen molar-refractivity contribution in [1.82, 2.24) is 14.9 Å². The van der Waals surface area contributed by atoms with Gasteiger partial charge in [0.05, 0.1) is 12.4 Å². The molecule has 3 rings (SSSR count). The Balaban J connectivity index is 1.71. The molecule has 0 aliphatic carbocycles. The number of aromatic nitrogens is 2. The van der Waals surface area contributed by atoms with Crippen LogP contribution in [0.15, 0.2) is 18.5 Å². The van der Waals surface area contributed by atoms with Crippen LogP contribution in [-0.4, -0.2) is 59.5 Å². The molecular formula is C14H21N3O3S. The van der Waals surface area contributed by atoms with Crippen LogP contribution in [0.5, 0.6) is 6.01 Å². The maximum absolute atomic E-state index is 12.4. The molecular weight excluding hydrogens is 290 g/mol. The second-order valence-corrected chi connectivity index (χ2v) is 8.66. The molecule has 0 radical (unpaired) electrons. The lowest BCUT2D eigenvalue weighted by Gasteiger charge is -2.51. The molecule has 6 nitrogen and oxygen atoms in total. The molecule has 0 amide bonds. The van der Waals surface area contributed by atoms with E-state index in [-0.39, 0.29) is 11.7 Å². The van der Waals surface area contributed by atoms with Crippen LogP contribution in [0.4, 0.5) is 0 Å². The maximum atomic E-state index is 12.4. The van der Waals surface area contributed by atoms with Crippen molar-refractivity contribution in [2.75, 3.05) is 25.4 Å². The Kier molecular flexibility index (Phi) is 3.65. The largest absolute Gasteiger partial charge is 0.463 e. The fourth-order valence-corrected chi connectivity index (χ4v) is 5.67. The molecule has 3 heterocycles. The molecule has 0 aromatic carbocycles. The van der Waals surface area contributed by atoms with Gasteiger partial charge in [0, 0.05) is 37.4 Å². The third-order valence-electron chi connectivity index (χ3n) is 4.73. The summed E-state index contributed by atoms with van der Waals surface area (Å²) in [5.41, 5.74) is 0. The molecule has 2 aliphatic heterocycles. The van der Waals surface area contributed by atoms with Crippen LogP contribution in [0.1, 0.15) is 20.3 Å². The molecule has 1 spiro atoms. The van der Waals surface area contributed by atoms with Crippen molar-refractivity contribution in [2.45, 2.75) is 31.1 Å². The fraction of sp³-hybridized carbons (Fsp3) is 0.714. The van der Waals surface area contributed by atoms with Gasteiger partial charge in [-0.2, -0.15) is 0 Å². The van der Waals surface area contributed by atoms with Gasteiger partial charge in [0.15, 0.2) is 9.84 Å².